The highest BCUT2D eigenvalue weighted by Crippen LogP contribution is 2.35. The van der Waals surface area contributed by atoms with Crippen molar-refractivity contribution in [1.82, 2.24) is 5.32 Å². The van der Waals surface area contributed by atoms with E-state index in [9.17, 15) is 0 Å². The van der Waals surface area contributed by atoms with Gasteiger partial charge in [0.25, 0.3) is 0 Å². The van der Waals surface area contributed by atoms with Crippen LogP contribution in [0.4, 0.5) is 0 Å². The highest BCUT2D eigenvalue weighted by atomic mass is 35.5. The van der Waals surface area contributed by atoms with Gasteiger partial charge in [0.15, 0.2) is 0 Å². The molecule has 0 fully saturated rings. The summed E-state index contributed by atoms with van der Waals surface area (Å²) in [6.45, 7) is 2.16. The highest BCUT2D eigenvalue weighted by molar-refractivity contribution is 7.12. The molecule has 0 bridgehead atoms. The average molecular weight is 300 g/mol. The summed E-state index contributed by atoms with van der Waals surface area (Å²) in [5.41, 5.74) is 1.02. The molecule has 2 rings (SSSR count). The van der Waals surface area contributed by atoms with E-state index >= 15 is 0 Å². The summed E-state index contributed by atoms with van der Waals surface area (Å²) in [5, 5.41) is 4.54. The number of thiophene rings is 1. The average Bonchev–Trinajstić information content (AvgIpc) is 2.84. The number of halogens is 2. The minimum atomic E-state index is 0.0986. The van der Waals surface area contributed by atoms with Gasteiger partial charge in [-0.3, -0.25) is 0 Å². The lowest BCUT2D eigenvalue weighted by Crippen LogP contribution is -2.16. The molecule has 0 saturated carbocycles. The Morgan fingerprint density at radius 2 is 2.00 bits per heavy atom. The van der Waals surface area contributed by atoms with Crippen molar-refractivity contribution >= 4 is 34.5 Å². The van der Waals surface area contributed by atoms with Gasteiger partial charge in [-0.05, 0) is 37.2 Å². The van der Waals surface area contributed by atoms with Crippen molar-refractivity contribution in [3.8, 4) is 0 Å². The molecule has 1 aromatic carbocycles. The molecule has 1 unspecified atom stereocenters. The Morgan fingerprint density at radius 3 is 2.61 bits per heavy atom. The second-order valence-electron chi connectivity index (χ2n) is 4.02. The molecule has 96 valence electrons. The quantitative estimate of drug-likeness (QED) is 0.844. The summed E-state index contributed by atoms with van der Waals surface area (Å²) in [5.74, 6) is 0. The zero-order valence-electron chi connectivity index (χ0n) is 10.3. The molecule has 0 radical (unpaired) electrons. The number of aryl methyl sites for hydroxylation is 1. The molecule has 2 aromatic rings. The zero-order valence-corrected chi connectivity index (χ0v) is 12.7. The number of hydrogen-bond acceptors (Lipinski definition) is 2. The van der Waals surface area contributed by atoms with E-state index in [2.05, 4.69) is 24.4 Å². The smallest absolute Gasteiger partial charge is 0.0683 e. The van der Waals surface area contributed by atoms with E-state index in [1.165, 1.54) is 9.75 Å². The molecule has 18 heavy (non-hydrogen) atoms. The van der Waals surface area contributed by atoms with Crippen LogP contribution in [0.1, 0.15) is 28.3 Å². The third-order valence-electron chi connectivity index (χ3n) is 2.90. The maximum Gasteiger partial charge on any atom is 0.0683 e. The Balaban J connectivity index is 2.41. The Bertz CT molecular complexity index is 536. The fourth-order valence-corrected chi connectivity index (χ4v) is 3.43. The van der Waals surface area contributed by atoms with Crippen molar-refractivity contribution in [2.75, 3.05) is 7.05 Å². The molecule has 0 saturated heterocycles. The van der Waals surface area contributed by atoms with E-state index in [-0.39, 0.29) is 6.04 Å². The molecule has 1 atom stereocenters. The summed E-state index contributed by atoms with van der Waals surface area (Å²) >= 11 is 14.2. The molecule has 0 aliphatic carbocycles. The van der Waals surface area contributed by atoms with Crippen LogP contribution in [0.3, 0.4) is 0 Å². The maximum atomic E-state index is 6.29. The molecular formula is C14H15Cl2NS. The van der Waals surface area contributed by atoms with Crippen LogP contribution in [-0.4, -0.2) is 7.05 Å². The zero-order chi connectivity index (χ0) is 13.1. The first-order chi connectivity index (χ1) is 8.67. The minimum absolute atomic E-state index is 0.0986. The number of benzene rings is 1. The van der Waals surface area contributed by atoms with Crippen LogP contribution in [0.2, 0.25) is 10.0 Å². The predicted octanol–water partition coefficient (Wildman–Crippen LogP) is 4.93. The topological polar surface area (TPSA) is 12.0 Å². The van der Waals surface area contributed by atoms with Gasteiger partial charge in [0.05, 0.1) is 16.1 Å². The molecule has 0 spiro atoms. The van der Waals surface area contributed by atoms with Crippen molar-refractivity contribution in [1.29, 1.82) is 0 Å². The second kappa shape index (κ2) is 6.07. The fourth-order valence-electron chi connectivity index (χ4n) is 1.93. The third-order valence-corrected chi connectivity index (χ3v) is 5.02. The number of rotatable bonds is 4. The van der Waals surface area contributed by atoms with Crippen LogP contribution in [0, 0.1) is 0 Å². The summed E-state index contributed by atoms with van der Waals surface area (Å²) in [6, 6.07) is 10.2. The van der Waals surface area contributed by atoms with Gasteiger partial charge in [-0.1, -0.05) is 42.3 Å². The Hall–Kier alpha value is -0.540. The van der Waals surface area contributed by atoms with Gasteiger partial charge < -0.3 is 5.32 Å². The molecule has 0 aliphatic heterocycles. The Labute approximate surface area is 122 Å². The Morgan fingerprint density at radius 1 is 1.22 bits per heavy atom. The molecule has 0 amide bonds. The Kier molecular flexibility index (Phi) is 4.68. The van der Waals surface area contributed by atoms with E-state index in [0.717, 1.165) is 12.0 Å². The number of hydrogen-bond donors (Lipinski definition) is 1. The van der Waals surface area contributed by atoms with Crippen molar-refractivity contribution in [3.05, 3.63) is 55.7 Å². The molecule has 1 nitrogen and oxygen atoms in total. The van der Waals surface area contributed by atoms with Crippen LogP contribution < -0.4 is 5.32 Å². The van der Waals surface area contributed by atoms with Crippen LogP contribution in [0.15, 0.2) is 30.3 Å². The standard InChI is InChI=1S/C14H15Cl2NS/c1-3-9-7-8-12(18-9)14(17-2)10-5-4-6-11(15)13(10)16/h4-8,14,17H,3H2,1-2H3. The second-order valence-corrected chi connectivity index (χ2v) is 6.01. The van der Waals surface area contributed by atoms with Gasteiger partial charge in [-0.25, -0.2) is 0 Å². The van der Waals surface area contributed by atoms with E-state index in [4.69, 9.17) is 23.2 Å². The molecule has 1 heterocycles. The van der Waals surface area contributed by atoms with E-state index < -0.39 is 0 Å². The lowest BCUT2D eigenvalue weighted by Gasteiger charge is -2.17. The van der Waals surface area contributed by atoms with Crippen LogP contribution in [0.5, 0.6) is 0 Å². The summed E-state index contributed by atoms with van der Waals surface area (Å²) < 4.78 is 0. The normalized spacial score (nSPS) is 12.7. The fraction of sp³-hybridized carbons (Fsp3) is 0.286. The summed E-state index contributed by atoms with van der Waals surface area (Å²) in [4.78, 5) is 2.64. The third kappa shape index (κ3) is 2.72. The first kappa shape index (κ1) is 13.9. The monoisotopic (exact) mass is 299 g/mol. The van der Waals surface area contributed by atoms with Crippen molar-refractivity contribution in [3.63, 3.8) is 0 Å². The lowest BCUT2D eigenvalue weighted by atomic mass is 10.1. The first-order valence-corrected chi connectivity index (χ1v) is 7.44. The SMILES string of the molecule is CCc1ccc(C(NC)c2cccc(Cl)c2Cl)s1. The summed E-state index contributed by atoms with van der Waals surface area (Å²) in [6.07, 6.45) is 1.06. The molecule has 4 heteroatoms. The molecule has 1 aromatic heterocycles. The van der Waals surface area contributed by atoms with Gasteiger partial charge in [0.1, 0.15) is 0 Å². The van der Waals surface area contributed by atoms with Crippen LogP contribution >= 0.6 is 34.5 Å². The summed E-state index contributed by atoms with van der Waals surface area (Å²) in [7, 11) is 1.94. The van der Waals surface area contributed by atoms with Crippen LogP contribution in [-0.2, 0) is 6.42 Å². The van der Waals surface area contributed by atoms with Crippen molar-refractivity contribution < 1.29 is 0 Å². The number of nitrogens with one attached hydrogen (secondary N) is 1. The molecular weight excluding hydrogens is 285 g/mol. The largest absolute Gasteiger partial charge is 0.309 e. The van der Waals surface area contributed by atoms with Gasteiger partial charge in [-0.15, -0.1) is 11.3 Å². The van der Waals surface area contributed by atoms with Gasteiger partial charge >= 0.3 is 0 Å². The maximum absolute atomic E-state index is 6.29. The molecule has 1 N–H and O–H groups in total. The predicted molar refractivity (Wildman–Crippen MR) is 81.1 cm³/mol. The minimum Gasteiger partial charge on any atom is -0.309 e. The van der Waals surface area contributed by atoms with Crippen molar-refractivity contribution in [2.24, 2.45) is 0 Å². The van der Waals surface area contributed by atoms with E-state index in [1.54, 1.807) is 0 Å². The lowest BCUT2D eigenvalue weighted by molar-refractivity contribution is 0.704. The van der Waals surface area contributed by atoms with E-state index in [1.807, 2.05) is 36.6 Å². The molecule has 0 aliphatic rings. The van der Waals surface area contributed by atoms with Crippen molar-refractivity contribution in [2.45, 2.75) is 19.4 Å². The van der Waals surface area contributed by atoms with Gasteiger partial charge in [-0.2, -0.15) is 0 Å². The highest BCUT2D eigenvalue weighted by Gasteiger charge is 2.18. The van der Waals surface area contributed by atoms with E-state index in [0.29, 0.717) is 10.0 Å². The van der Waals surface area contributed by atoms with Gasteiger partial charge in [0, 0.05) is 9.75 Å². The van der Waals surface area contributed by atoms with Gasteiger partial charge in [0.2, 0.25) is 0 Å². The first-order valence-electron chi connectivity index (χ1n) is 5.87. The van der Waals surface area contributed by atoms with Crippen LogP contribution in [0.25, 0.3) is 0 Å².